The van der Waals surface area contributed by atoms with Crippen molar-refractivity contribution in [2.24, 2.45) is 5.41 Å². The summed E-state index contributed by atoms with van der Waals surface area (Å²) in [5.74, 6) is 1.32. The standard InChI is InChI=1S/C20H28N2O4/c23-19(16-3-4-17-18(13-16)26-12-11-25-17)21-14-20(5-9-24-10-6-20)15-22-7-1-2-8-22/h3-4,13H,1-2,5-12,14-15H2,(H,21,23). The van der Waals surface area contributed by atoms with Gasteiger partial charge in [-0.15, -0.1) is 0 Å². The Labute approximate surface area is 154 Å². The van der Waals surface area contributed by atoms with Crippen LogP contribution in [0.1, 0.15) is 36.0 Å². The molecule has 1 aromatic rings. The van der Waals surface area contributed by atoms with Crippen LogP contribution in [0.3, 0.4) is 0 Å². The number of amides is 1. The highest BCUT2D eigenvalue weighted by Gasteiger charge is 2.35. The zero-order chi connectivity index (χ0) is 17.8. The summed E-state index contributed by atoms with van der Waals surface area (Å²) in [6.07, 6.45) is 4.59. The van der Waals surface area contributed by atoms with Gasteiger partial charge in [-0.2, -0.15) is 0 Å². The Morgan fingerprint density at radius 1 is 1.04 bits per heavy atom. The zero-order valence-corrected chi connectivity index (χ0v) is 15.3. The third-order valence-corrected chi connectivity index (χ3v) is 5.74. The van der Waals surface area contributed by atoms with Gasteiger partial charge in [-0.1, -0.05) is 0 Å². The van der Waals surface area contributed by atoms with Gasteiger partial charge in [-0.25, -0.2) is 0 Å². The van der Waals surface area contributed by atoms with Gasteiger partial charge in [-0.3, -0.25) is 4.79 Å². The number of fused-ring (bicyclic) bond motifs is 1. The molecule has 3 heterocycles. The summed E-state index contributed by atoms with van der Waals surface area (Å²) in [6.45, 7) is 6.76. The van der Waals surface area contributed by atoms with Gasteiger partial charge in [0.2, 0.25) is 0 Å². The molecule has 0 atom stereocenters. The van der Waals surface area contributed by atoms with Crippen molar-refractivity contribution in [3.63, 3.8) is 0 Å². The van der Waals surface area contributed by atoms with E-state index in [1.54, 1.807) is 12.1 Å². The number of rotatable bonds is 5. The van der Waals surface area contributed by atoms with E-state index in [-0.39, 0.29) is 11.3 Å². The Hall–Kier alpha value is -1.79. The van der Waals surface area contributed by atoms with Gasteiger partial charge in [0.1, 0.15) is 13.2 Å². The van der Waals surface area contributed by atoms with E-state index >= 15 is 0 Å². The van der Waals surface area contributed by atoms with E-state index in [1.165, 1.54) is 25.9 Å². The molecule has 6 nitrogen and oxygen atoms in total. The zero-order valence-electron chi connectivity index (χ0n) is 15.3. The number of nitrogens with one attached hydrogen (secondary N) is 1. The number of carbonyl (C=O) groups excluding carboxylic acids is 1. The Morgan fingerprint density at radius 3 is 2.54 bits per heavy atom. The third-order valence-electron chi connectivity index (χ3n) is 5.74. The monoisotopic (exact) mass is 360 g/mol. The van der Waals surface area contributed by atoms with E-state index in [4.69, 9.17) is 14.2 Å². The Balaban J connectivity index is 1.40. The number of nitrogens with zero attached hydrogens (tertiary/aromatic N) is 1. The van der Waals surface area contributed by atoms with Crippen LogP contribution in [-0.4, -0.2) is 63.4 Å². The number of benzene rings is 1. The lowest BCUT2D eigenvalue weighted by Gasteiger charge is -2.40. The van der Waals surface area contributed by atoms with Crippen molar-refractivity contribution in [1.29, 1.82) is 0 Å². The van der Waals surface area contributed by atoms with Crippen molar-refractivity contribution in [2.75, 3.05) is 52.6 Å². The van der Waals surface area contributed by atoms with Crippen molar-refractivity contribution in [3.8, 4) is 11.5 Å². The van der Waals surface area contributed by atoms with Crippen LogP contribution >= 0.6 is 0 Å². The first-order chi connectivity index (χ1) is 12.7. The maximum atomic E-state index is 12.7. The summed E-state index contributed by atoms with van der Waals surface area (Å²) < 4.78 is 16.7. The minimum atomic E-state index is -0.0470. The largest absolute Gasteiger partial charge is 0.486 e. The van der Waals surface area contributed by atoms with Crippen molar-refractivity contribution >= 4 is 5.91 Å². The number of hydrogen-bond donors (Lipinski definition) is 1. The molecule has 1 amide bonds. The predicted molar refractivity (Wildman–Crippen MR) is 97.9 cm³/mol. The van der Waals surface area contributed by atoms with Crippen molar-refractivity contribution in [1.82, 2.24) is 10.2 Å². The fourth-order valence-corrected chi connectivity index (χ4v) is 4.16. The first-order valence-electron chi connectivity index (χ1n) is 9.72. The molecular formula is C20H28N2O4. The minimum absolute atomic E-state index is 0.0470. The van der Waals surface area contributed by atoms with E-state index in [2.05, 4.69) is 10.2 Å². The molecule has 26 heavy (non-hydrogen) atoms. The molecule has 2 saturated heterocycles. The second-order valence-corrected chi connectivity index (χ2v) is 7.64. The van der Waals surface area contributed by atoms with Gasteiger partial charge < -0.3 is 24.4 Å². The van der Waals surface area contributed by atoms with Gasteiger partial charge in [0.05, 0.1) is 0 Å². The topological polar surface area (TPSA) is 60.0 Å². The predicted octanol–water partition coefficient (Wildman–Crippen LogP) is 2.08. The van der Waals surface area contributed by atoms with E-state index < -0.39 is 0 Å². The molecule has 0 unspecified atom stereocenters. The van der Waals surface area contributed by atoms with E-state index in [9.17, 15) is 4.79 Å². The molecule has 3 aliphatic heterocycles. The van der Waals surface area contributed by atoms with Crippen molar-refractivity contribution in [2.45, 2.75) is 25.7 Å². The van der Waals surface area contributed by atoms with Gasteiger partial charge in [0, 0.05) is 37.3 Å². The Bertz CT molecular complexity index is 637. The molecule has 0 spiro atoms. The van der Waals surface area contributed by atoms with Crippen molar-refractivity contribution in [3.05, 3.63) is 23.8 Å². The Kier molecular flexibility index (Phi) is 5.31. The van der Waals surface area contributed by atoms with Gasteiger partial charge >= 0.3 is 0 Å². The molecular weight excluding hydrogens is 332 g/mol. The van der Waals surface area contributed by atoms with E-state index in [0.29, 0.717) is 36.8 Å². The summed E-state index contributed by atoms with van der Waals surface area (Å²) in [6, 6.07) is 5.40. The second kappa shape index (κ2) is 7.84. The summed E-state index contributed by atoms with van der Waals surface area (Å²) >= 11 is 0. The highest BCUT2D eigenvalue weighted by Crippen LogP contribution is 2.33. The number of carbonyl (C=O) groups is 1. The Morgan fingerprint density at radius 2 is 1.77 bits per heavy atom. The fraction of sp³-hybridized carbons (Fsp3) is 0.650. The van der Waals surface area contributed by atoms with Crippen LogP contribution < -0.4 is 14.8 Å². The molecule has 142 valence electrons. The van der Waals surface area contributed by atoms with Crippen LogP contribution in [0.25, 0.3) is 0 Å². The van der Waals surface area contributed by atoms with Crippen LogP contribution in [0.15, 0.2) is 18.2 Å². The molecule has 0 aliphatic carbocycles. The molecule has 2 fully saturated rings. The molecule has 0 aromatic heterocycles. The lowest BCUT2D eigenvalue weighted by Crippen LogP contribution is -2.48. The lowest BCUT2D eigenvalue weighted by atomic mass is 9.79. The second-order valence-electron chi connectivity index (χ2n) is 7.64. The van der Waals surface area contributed by atoms with E-state index in [0.717, 1.165) is 32.6 Å². The van der Waals surface area contributed by atoms with Gasteiger partial charge in [-0.05, 0) is 57.0 Å². The average molecular weight is 360 g/mol. The minimum Gasteiger partial charge on any atom is -0.486 e. The number of likely N-dealkylation sites (tertiary alicyclic amines) is 1. The van der Waals surface area contributed by atoms with Crippen LogP contribution in [0.5, 0.6) is 11.5 Å². The first kappa shape index (κ1) is 17.6. The maximum absolute atomic E-state index is 12.7. The maximum Gasteiger partial charge on any atom is 0.251 e. The molecule has 0 radical (unpaired) electrons. The molecule has 3 aliphatic rings. The average Bonchev–Trinajstić information content (AvgIpc) is 3.19. The summed E-state index contributed by atoms with van der Waals surface area (Å²) in [7, 11) is 0. The van der Waals surface area contributed by atoms with Gasteiger partial charge in [0.25, 0.3) is 5.91 Å². The van der Waals surface area contributed by atoms with E-state index in [1.807, 2.05) is 6.07 Å². The highest BCUT2D eigenvalue weighted by atomic mass is 16.6. The van der Waals surface area contributed by atoms with Crippen LogP contribution in [0.2, 0.25) is 0 Å². The van der Waals surface area contributed by atoms with Crippen LogP contribution in [0.4, 0.5) is 0 Å². The SMILES string of the molecule is O=C(NCC1(CN2CCCC2)CCOCC1)c1ccc2c(c1)OCCO2. The smallest absolute Gasteiger partial charge is 0.251 e. The first-order valence-corrected chi connectivity index (χ1v) is 9.72. The molecule has 0 bridgehead atoms. The third kappa shape index (κ3) is 3.96. The normalized spacial score (nSPS) is 22.2. The summed E-state index contributed by atoms with van der Waals surface area (Å²) in [4.78, 5) is 15.2. The molecule has 1 aromatic carbocycles. The fourth-order valence-electron chi connectivity index (χ4n) is 4.16. The van der Waals surface area contributed by atoms with Crippen molar-refractivity contribution < 1.29 is 19.0 Å². The molecule has 4 rings (SSSR count). The molecule has 0 saturated carbocycles. The van der Waals surface area contributed by atoms with Crippen LogP contribution in [0, 0.1) is 5.41 Å². The number of hydrogen-bond acceptors (Lipinski definition) is 5. The summed E-state index contributed by atoms with van der Waals surface area (Å²) in [5.41, 5.74) is 0.740. The van der Waals surface area contributed by atoms with Crippen LogP contribution in [-0.2, 0) is 4.74 Å². The lowest BCUT2D eigenvalue weighted by molar-refractivity contribution is -0.000631. The summed E-state index contributed by atoms with van der Waals surface area (Å²) in [5, 5.41) is 3.17. The van der Waals surface area contributed by atoms with Gasteiger partial charge in [0.15, 0.2) is 11.5 Å². The number of ether oxygens (including phenoxy) is 3. The highest BCUT2D eigenvalue weighted by molar-refractivity contribution is 5.94. The molecule has 6 heteroatoms. The quantitative estimate of drug-likeness (QED) is 0.871. The molecule has 1 N–H and O–H groups in total.